The molecule has 1 aromatic heterocycles. The highest BCUT2D eigenvalue weighted by atomic mass is 32.1. The normalized spacial score (nSPS) is 11.3. The number of anilines is 1. The van der Waals surface area contributed by atoms with Gasteiger partial charge in [-0.2, -0.15) is 0 Å². The summed E-state index contributed by atoms with van der Waals surface area (Å²) >= 11 is 1.09. The van der Waals surface area contributed by atoms with E-state index in [1.807, 2.05) is 19.1 Å². The number of carbonyl (C=O) groups is 1. The van der Waals surface area contributed by atoms with Gasteiger partial charge in [-0.05, 0) is 47.1 Å². The van der Waals surface area contributed by atoms with Crippen LogP contribution in [0.15, 0.2) is 34.6 Å². The number of thiazole rings is 1. The number of ether oxygens (including phenoxy) is 2. The van der Waals surface area contributed by atoms with Crippen molar-refractivity contribution in [2.45, 2.75) is 6.92 Å². The number of rotatable bonds is 10. The number of hydrogen-bond donors (Lipinski definition) is 1. The molecule has 0 bridgehead atoms. The fraction of sp³-hybridized carbons (Fsp3) is 0.444. The van der Waals surface area contributed by atoms with E-state index in [2.05, 4.69) is 21.2 Å². The standard InChI is InChI=1S/C18H24N4O4S/c1-13-11-14(22(7-9-25-3)8-10-26-4)5-6-15(13)19-20-18-21(2)12-16(27-18)17(23)24/h5-6,11-12H,7-10H2,1-4H3/p+1. The molecule has 0 unspecified atom stereocenters. The summed E-state index contributed by atoms with van der Waals surface area (Å²) in [5.41, 5.74) is 2.78. The van der Waals surface area contributed by atoms with E-state index in [1.165, 1.54) is 6.20 Å². The molecule has 1 N–H and O–H groups in total. The maximum Gasteiger partial charge on any atom is 0.409 e. The first-order chi connectivity index (χ1) is 13.0. The second kappa shape index (κ2) is 10.1. The average Bonchev–Trinajstić information content (AvgIpc) is 3.02. The van der Waals surface area contributed by atoms with Crippen LogP contribution >= 0.6 is 11.3 Å². The number of azo groups is 1. The lowest BCUT2D eigenvalue weighted by molar-refractivity contribution is -0.654. The first kappa shape index (κ1) is 20.9. The van der Waals surface area contributed by atoms with Crippen molar-refractivity contribution in [2.75, 3.05) is 45.4 Å². The number of methoxy groups -OCH3 is 2. The first-order valence-electron chi connectivity index (χ1n) is 8.44. The zero-order valence-electron chi connectivity index (χ0n) is 16.0. The summed E-state index contributed by atoms with van der Waals surface area (Å²) in [5.74, 6) is -0.968. The molecule has 0 atom stereocenters. The van der Waals surface area contributed by atoms with E-state index in [0.717, 1.165) is 41.4 Å². The maximum absolute atomic E-state index is 11.0. The number of nitrogens with zero attached hydrogens (tertiary/aromatic N) is 4. The molecule has 0 aliphatic carbocycles. The van der Waals surface area contributed by atoms with Crippen LogP contribution in [0.5, 0.6) is 0 Å². The quantitative estimate of drug-likeness (QED) is 0.495. The Morgan fingerprint density at radius 1 is 1.22 bits per heavy atom. The smallest absolute Gasteiger partial charge is 0.409 e. The highest BCUT2D eigenvalue weighted by molar-refractivity contribution is 7.16. The molecule has 0 spiro atoms. The lowest BCUT2D eigenvalue weighted by Crippen LogP contribution is -2.30. The molecule has 8 nitrogen and oxygen atoms in total. The minimum absolute atomic E-state index is 0.227. The summed E-state index contributed by atoms with van der Waals surface area (Å²) in [6, 6.07) is 5.95. The molecule has 0 aliphatic heterocycles. The molecule has 0 saturated heterocycles. The Bertz CT molecular complexity index is 799. The zero-order valence-corrected chi connectivity index (χ0v) is 16.8. The SMILES string of the molecule is COCCN(CCOC)c1ccc(N=Nc2sc(C(=O)O)c[n+]2C)c(C)c1. The molecule has 2 rings (SSSR count). The van der Waals surface area contributed by atoms with Crippen molar-refractivity contribution in [3.63, 3.8) is 0 Å². The third kappa shape index (κ3) is 5.81. The number of benzene rings is 1. The topological polar surface area (TPSA) is 87.6 Å². The fourth-order valence-corrected chi connectivity index (χ4v) is 3.21. The summed E-state index contributed by atoms with van der Waals surface area (Å²) in [5, 5.41) is 18.1. The summed E-state index contributed by atoms with van der Waals surface area (Å²) in [4.78, 5) is 13.5. The Morgan fingerprint density at radius 2 is 1.89 bits per heavy atom. The number of aryl methyl sites for hydroxylation is 2. The Morgan fingerprint density at radius 3 is 2.41 bits per heavy atom. The minimum Gasteiger partial charge on any atom is -0.477 e. The molecule has 9 heteroatoms. The van der Waals surface area contributed by atoms with Crippen LogP contribution in [0, 0.1) is 6.92 Å². The lowest BCUT2D eigenvalue weighted by atomic mass is 10.1. The van der Waals surface area contributed by atoms with E-state index in [4.69, 9.17) is 14.6 Å². The van der Waals surface area contributed by atoms with Gasteiger partial charge in [-0.3, -0.25) is 0 Å². The highest BCUT2D eigenvalue weighted by Crippen LogP contribution is 2.27. The van der Waals surface area contributed by atoms with Crippen molar-refractivity contribution in [1.82, 2.24) is 0 Å². The second-order valence-corrected chi connectivity index (χ2v) is 6.95. The van der Waals surface area contributed by atoms with Crippen LogP contribution < -0.4 is 9.47 Å². The Labute approximate surface area is 162 Å². The van der Waals surface area contributed by atoms with Crippen LogP contribution in [-0.4, -0.2) is 51.6 Å². The molecule has 0 saturated carbocycles. The van der Waals surface area contributed by atoms with Crippen molar-refractivity contribution in [3.05, 3.63) is 34.8 Å². The first-order valence-corrected chi connectivity index (χ1v) is 9.26. The Hall–Kier alpha value is -2.36. The molecular weight excluding hydrogens is 368 g/mol. The third-order valence-electron chi connectivity index (χ3n) is 3.94. The fourth-order valence-electron chi connectivity index (χ4n) is 2.44. The van der Waals surface area contributed by atoms with Gasteiger partial charge in [0.05, 0.1) is 25.4 Å². The number of carboxylic acids is 1. The molecule has 1 heterocycles. The monoisotopic (exact) mass is 393 g/mol. The van der Waals surface area contributed by atoms with Crippen LogP contribution in [0.4, 0.5) is 16.5 Å². The largest absolute Gasteiger partial charge is 0.477 e. The van der Waals surface area contributed by atoms with Gasteiger partial charge >= 0.3 is 11.1 Å². The van der Waals surface area contributed by atoms with Gasteiger partial charge in [0.25, 0.3) is 0 Å². The van der Waals surface area contributed by atoms with Gasteiger partial charge in [0.1, 0.15) is 11.9 Å². The van der Waals surface area contributed by atoms with Crippen molar-refractivity contribution in [1.29, 1.82) is 0 Å². The molecule has 1 aromatic carbocycles. The number of hydrogen-bond acceptors (Lipinski definition) is 7. The zero-order chi connectivity index (χ0) is 19.8. The van der Waals surface area contributed by atoms with Crippen LogP contribution in [0.1, 0.15) is 15.2 Å². The Balaban J connectivity index is 2.18. The van der Waals surface area contributed by atoms with E-state index in [-0.39, 0.29) is 4.88 Å². The third-order valence-corrected chi connectivity index (χ3v) is 5.00. The van der Waals surface area contributed by atoms with E-state index >= 15 is 0 Å². The van der Waals surface area contributed by atoms with Crippen molar-refractivity contribution < 1.29 is 23.9 Å². The van der Waals surface area contributed by atoms with Gasteiger partial charge < -0.3 is 19.5 Å². The minimum atomic E-state index is -0.968. The molecule has 0 amide bonds. The van der Waals surface area contributed by atoms with Gasteiger partial charge in [0.2, 0.25) is 0 Å². The van der Waals surface area contributed by atoms with Crippen molar-refractivity contribution in [3.8, 4) is 0 Å². The summed E-state index contributed by atoms with van der Waals surface area (Å²) in [6.07, 6.45) is 1.53. The highest BCUT2D eigenvalue weighted by Gasteiger charge is 2.18. The van der Waals surface area contributed by atoms with Gasteiger partial charge in [0, 0.05) is 33.0 Å². The number of aromatic nitrogens is 1. The number of carboxylic acid groups (broad SMARTS) is 1. The Kier molecular flexibility index (Phi) is 7.83. The predicted octanol–water partition coefficient (Wildman–Crippen LogP) is 3.09. The van der Waals surface area contributed by atoms with E-state index < -0.39 is 5.97 Å². The van der Waals surface area contributed by atoms with Crippen LogP contribution in [0.2, 0.25) is 0 Å². The van der Waals surface area contributed by atoms with E-state index in [1.54, 1.807) is 25.8 Å². The summed E-state index contributed by atoms with van der Waals surface area (Å²) < 4.78 is 12.0. The second-order valence-electron chi connectivity index (χ2n) is 5.94. The maximum atomic E-state index is 11.0. The van der Waals surface area contributed by atoms with Crippen LogP contribution in [-0.2, 0) is 16.5 Å². The molecule has 27 heavy (non-hydrogen) atoms. The molecular formula is C18H25N4O4S+. The molecule has 0 aliphatic rings. The van der Waals surface area contributed by atoms with Crippen molar-refractivity contribution in [2.24, 2.45) is 17.3 Å². The van der Waals surface area contributed by atoms with Gasteiger partial charge in [-0.15, -0.1) is 0 Å². The average molecular weight is 393 g/mol. The molecule has 0 radical (unpaired) electrons. The summed E-state index contributed by atoms with van der Waals surface area (Å²) in [6.45, 7) is 4.77. The molecule has 0 fully saturated rings. The van der Waals surface area contributed by atoms with Gasteiger partial charge in [-0.1, -0.05) is 0 Å². The van der Waals surface area contributed by atoms with Crippen LogP contribution in [0.3, 0.4) is 0 Å². The van der Waals surface area contributed by atoms with E-state index in [0.29, 0.717) is 18.3 Å². The molecule has 2 aromatic rings. The predicted molar refractivity (Wildman–Crippen MR) is 104 cm³/mol. The van der Waals surface area contributed by atoms with Crippen LogP contribution in [0.25, 0.3) is 0 Å². The van der Waals surface area contributed by atoms with Gasteiger partial charge in [0.15, 0.2) is 4.88 Å². The summed E-state index contributed by atoms with van der Waals surface area (Å²) in [7, 11) is 5.11. The molecule has 146 valence electrons. The van der Waals surface area contributed by atoms with E-state index in [9.17, 15) is 4.79 Å². The lowest BCUT2D eigenvalue weighted by Gasteiger charge is -2.24. The van der Waals surface area contributed by atoms with Crippen molar-refractivity contribution >= 4 is 33.8 Å². The van der Waals surface area contributed by atoms with Gasteiger partial charge in [-0.25, -0.2) is 9.36 Å². The number of aromatic carboxylic acids is 1.